The predicted octanol–water partition coefficient (Wildman–Crippen LogP) is 5.55. The van der Waals surface area contributed by atoms with Gasteiger partial charge >= 0.3 is 5.97 Å². The lowest BCUT2D eigenvalue weighted by atomic mass is 10.1. The van der Waals surface area contributed by atoms with Gasteiger partial charge in [0.1, 0.15) is 4.88 Å². The van der Waals surface area contributed by atoms with Gasteiger partial charge in [0, 0.05) is 17.6 Å². The van der Waals surface area contributed by atoms with Crippen LogP contribution in [-0.4, -0.2) is 34.2 Å². The zero-order valence-electron chi connectivity index (χ0n) is 18.4. The van der Waals surface area contributed by atoms with E-state index in [0.29, 0.717) is 34.5 Å². The van der Waals surface area contributed by atoms with Crippen LogP contribution >= 0.6 is 23.1 Å². The fraction of sp³-hybridized carbons (Fsp3) is 0.391. The fourth-order valence-corrected chi connectivity index (χ4v) is 4.77. The van der Waals surface area contributed by atoms with Crippen LogP contribution in [0.25, 0.3) is 10.9 Å². The van der Waals surface area contributed by atoms with Crippen LogP contribution in [0.2, 0.25) is 0 Å². The van der Waals surface area contributed by atoms with Crippen molar-refractivity contribution < 1.29 is 14.3 Å². The molecular weight excluding hydrogens is 430 g/mol. The third-order valence-corrected chi connectivity index (χ3v) is 6.55. The monoisotopic (exact) mass is 457 g/mol. The van der Waals surface area contributed by atoms with E-state index in [1.54, 1.807) is 18.7 Å². The molecule has 8 heteroatoms. The Balaban J connectivity index is 1.55. The third kappa shape index (κ3) is 6.04. The lowest BCUT2D eigenvalue weighted by Crippen LogP contribution is -2.12. The van der Waals surface area contributed by atoms with Crippen LogP contribution in [0.15, 0.2) is 29.3 Å². The highest BCUT2D eigenvalue weighted by atomic mass is 32.2. The molecule has 0 fully saturated rings. The number of aryl methyl sites for hydroxylation is 3. The molecule has 0 aliphatic rings. The summed E-state index contributed by atoms with van der Waals surface area (Å²) in [5.74, 6) is 0.326. The van der Waals surface area contributed by atoms with E-state index in [9.17, 15) is 9.59 Å². The van der Waals surface area contributed by atoms with Gasteiger partial charge in [0.15, 0.2) is 5.13 Å². The molecule has 0 unspecified atom stereocenters. The number of aromatic nitrogens is 2. The smallest absolute Gasteiger partial charge is 0.350 e. The van der Waals surface area contributed by atoms with E-state index >= 15 is 0 Å². The van der Waals surface area contributed by atoms with E-state index in [0.717, 1.165) is 32.8 Å². The highest BCUT2D eigenvalue weighted by Crippen LogP contribution is 2.27. The Morgan fingerprint density at radius 3 is 2.68 bits per heavy atom. The van der Waals surface area contributed by atoms with Crippen LogP contribution in [0.1, 0.15) is 46.8 Å². The first-order valence-electron chi connectivity index (χ1n) is 10.2. The number of hydrogen-bond acceptors (Lipinski definition) is 7. The molecule has 1 N–H and O–H groups in total. The molecule has 1 amide bonds. The summed E-state index contributed by atoms with van der Waals surface area (Å²) in [6, 6.07) is 8.23. The Morgan fingerprint density at radius 1 is 1.16 bits per heavy atom. The summed E-state index contributed by atoms with van der Waals surface area (Å²) in [4.78, 5) is 34.0. The third-order valence-electron chi connectivity index (χ3n) is 4.58. The number of hydrogen-bond donors (Lipinski definition) is 1. The number of ether oxygens (including phenoxy) is 1. The molecule has 1 aromatic carbocycles. The van der Waals surface area contributed by atoms with Gasteiger partial charge in [-0.15, -0.1) is 11.8 Å². The van der Waals surface area contributed by atoms with Crippen molar-refractivity contribution in [3.8, 4) is 0 Å². The Morgan fingerprint density at radius 2 is 1.94 bits per heavy atom. The Labute approximate surface area is 190 Å². The highest BCUT2D eigenvalue weighted by molar-refractivity contribution is 7.99. The number of nitrogens with one attached hydrogen (secondary N) is 1. The number of carbonyl (C=O) groups is 2. The molecule has 31 heavy (non-hydrogen) atoms. The summed E-state index contributed by atoms with van der Waals surface area (Å²) >= 11 is 2.70. The van der Waals surface area contributed by atoms with Crippen molar-refractivity contribution in [1.82, 2.24) is 9.97 Å². The minimum atomic E-state index is -0.396. The van der Waals surface area contributed by atoms with Gasteiger partial charge in [-0.25, -0.2) is 14.8 Å². The molecule has 2 heterocycles. The number of rotatable bonds is 8. The second kappa shape index (κ2) is 10.2. The number of thioether (sulfide) groups is 1. The zero-order valence-corrected chi connectivity index (χ0v) is 20.1. The number of thiazole rings is 1. The number of benzene rings is 1. The first-order chi connectivity index (χ1) is 14.7. The van der Waals surface area contributed by atoms with Crippen molar-refractivity contribution in [1.29, 1.82) is 0 Å². The Bertz CT molecular complexity index is 1110. The molecule has 0 saturated carbocycles. The molecule has 0 bridgehead atoms. The molecule has 3 rings (SSSR count). The van der Waals surface area contributed by atoms with Crippen molar-refractivity contribution in [2.45, 2.75) is 46.1 Å². The normalized spacial score (nSPS) is 11.2. The standard InChI is InChI=1S/C23H27N3O3S2/c1-13(2)12-29-22(28)21-16(5)24-23(31-21)25-18(27)9-10-30-19-11-15(4)17-8-6-7-14(3)20(17)26-19/h6-8,11,13H,9-10,12H2,1-5H3,(H,24,25,27). The van der Waals surface area contributed by atoms with E-state index in [4.69, 9.17) is 9.72 Å². The number of anilines is 1. The molecule has 6 nitrogen and oxygen atoms in total. The number of esters is 1. The number of nitrogens with zero attached hydrogens (tertiary/aromatic N) is 2. The van der Waals surface area contributed by atoms with Crippen molar-refractivity contribution in [3.63, 3.8) is 0 Å². The van der Waals surface area contributed by atoms with Crippen LogP contribution in [0, 0.1) is 26.7 Å². The molecular formula is C23H27N3O3S2. The zero-order chi connectivity index (χ0) is 22.5. The molecule has 0 aliphatic carbocycles. The van der Waals surface area contributed by atoms with E-state index in [-0.39, 0.29) is 11.8 Å². The Hall–Kier alpha value is -2.45. The van der Waals surface area contributed by atoms with Crippen LogP contribution < -0.4 is 5.32 Å². The lowest BCUT2D eigenvalue weighted by Gasteiger charge is -2.08. The second-order valence-corrected chi connectivity index (χ2v) is 9.94. The summed E-state index contributed by atoms with van der Waals surface area (Å²) < 4.78 is 5.26. The molecule has 0 atom stereocenters. The first-order valence-corrected chi connectivity index (χ1v) is 12.0. The summed E-state index contributed by atoms with van der Waals surface area (Å²) in [6.07, 6.45) is 0.322. The van der Waals surface area contributed by atoms with Crippen LogP contribution in [0.5, 0.6) is 0 Å². The summed E-state index contributed by atoms with van der Waals surface area (Å²) in [5, 5.41) is 5.27. The van der Waals surface area contributed by atoms with Crippen molar-refractivity contribution in [2.24, 2.45) is 5.92 Å². The molecule has 0 aliphatic heterocycles. The molecule has 2 aromatic heterocycles. The van der Waals surface area contributed by atoms with E-state index in [1.165, 1.54) is 5.56 Å². The van der Waals surface area contributed by atoms with Gasteiger partial charge in [-0.2, -0.15) is 0 Å². The molecule has 3 aromatic rings. The van der Waals surface area contributed by atoms with Gasteiger partial charge in [-0.05, 0) is 43.9 Å². The summed E-state index contributed by atoms with van der Waals surface area (Å²) in [5.41, 5.74) is 3.89. The highest BCUT2D eigenvalue weighted by Gasteiger charge is 2.18. The quantitative estimate of drug-likeness (QED) is 0.353. The lowest BCUT2D eigenvalue weighted by molar-refractivity contribution is -0.115. The largest absolute Gasteiger partial charge is 0.461 e. The number of pyridine rings is 1. The van der Waals surface area contributed by atoms with Crippen molar-refractivity contribution in [3.05, 3.63) is 46.0 Å². The van der Waals surface area contributed by atoms with Gasteiger partial charge in [0.2, 0.25) is 5.91 Å². The van der Waals surface area contributed by atoms with Crippen LogP contribution in [0.3, 0.4) is 0 Å². The first kappa shape index (κ1) is 23.2. The van der Waals surface area contributed by atoms with Crippen LogP contribution in [-0.2, 0) is 9.53 Å². The maximum absolute atomic E-state index is 12.3. The maximum atomic E-state index is 12.3. The van der Waals surface area contributed by atoms with Crippen LogP contribution in [0.4, 0.5) is 5.13 Å². The topological polar surface area (TPSA) is 81.2 Å². The SMILES string of the molecule is Cc1nc(NC(=O)CCSc2cc(C)c3cccc(C)c3n2)sc1C(=O)OCC(C)C. The van der Waals surface area contributed by atoms with Crippen molar-refractivity contribution >= 4 is 51.0 Å². The number of para-hydroxylation sites is 1. The van der Waals surface area contributed by atoms with Gasteiger partial charge in [0.25, 0.3) is 0 Å². The van der Waals surface area contributed by atoms with Gasteiger partial charge in [-0.3, -0.25) is 4.79 Å². The van der Waals surface area contributed by atoms with E-state index in [1.807, 2.05) is 19.9 Å². The van der Waals surface area contributed by atoms with Gasteiger partial charge in [-0.1, -0.05) is 43.4 Å². The van der Waals surface area contributed by atoms with Gasteiger partial charge in [0.05, 0.1) is 22.8 Å². The second-order valence-electron chi connectivity index (χ2n) is 7.82. The molecule has 164 valence electrons. The number of carbonyl (C=O) groups excluding carboxylic acids is 2. The van der Waals surface area contributed by atoms with E-state index < -0.39 is 5.97 Å². The molecule has 0 saturated heterocycles. The molecule has 0 spiro atoms. The average Bonchev–Trinajstić information content (AvgIpc) is 3.07. The van der Waals surface area contributed by atoms with Gasteiger partial charge < -0.3 is 10.1 Å². The fourth-order valence-electron chi connectivity index (χ4n) is 2.98. The minimum Gasteiger partial charge on any atom is -0.461 e. The number of fused-ring (bicyclic) bond motifs is 1. The minimum absolute atomic E-state index is 0.142. The molecule has 0 radical (unpaired) electrons. The van der Waals surface area contributed by atoms with Crippen molar-refractivity contribution in [2.75, 3.05) is 17.7 Å². The summed E-state index contributed by atoms with van der Waals surface area (Å²) in [7, 11) is 0. The van der Waals surface area contributed by atoms with E-state index in [2.05, 4.69) is 42.3 Å². The maximum Gasteiger partial charge on any atom is 0.350 e. The summed E-state index contributed by atoms with van der Waals surface area (Å²) in [6.45, 7) is 10.2. The Kier molecular flexibility index (Phi) is 7.67. The number of amides is 1. The predicted molar refractivity (Wildman–Crippen MR) is 127 cm³/mol. The average molecular weight is 458 g/mol.